The first-order chi connectivity index (χ1) is 13.7. The zero-order chi connectivity index (χ0) is 23.1. The molecule has 1 aromatic carbocycles. The van der Waals surface area contributed by atoms with Gasteiger partial charge in [0.1, 0.15) is 0 Å². The fourth-order valence-corrected chi connectivity index (χ4v) is 1.14. The van der Waals surface area contributed by atoms with Crippen molar-refractivity contribution in [1.29, 1.82) is 0 Å². The third kappa shape index (κ3) is 29.3. The van der Waals surface area contributed by atoms with Crippen LogP contribution in [0.15, 0.2) is 74.4 Å². The number of carbonyl (C=O) groups excluding carboxylic acids is 2. The van der Waals surface area contributed by atoms with Crippen LogP contribution in [0.5, 0.6) is 0 Å². The maximum atomic E-state index is 10.3. The summed E-state index contributed by atoms with van der Waals surface area (Å²) in [6.45, 7) is 17.4. The van der Waals surface area contributed by atoms with Crippen molar-refractivity contribution >= 4 is 24.0 Å². The van der Waals surface area contributed by atoms with Crippen LogP contribution in [0.25, 0.3) is 6.08 Å². The second-order valence-electron chi connectivity index (χ2n) is 5.15. The van der Waals surface area contributed by atoms with Gasteiger partial charge < -0.3 is 20.7 Å². The van der Waals surface area contributed by atoms with Gasteiger partial charge in [-0.1, -0.05) is 76.1 Å². The van der Waals surface area contributed by atoms with Crippen molar-refractivity contribution in [2.75, 3.05) is 13.7 Å². The second-order valence-corrected chi connectivity index (χ2v) is 5.15. The summed E-state index contributed by atoms with van der Waals surface area (Å²) in [7, 11) is 1.33. The summed E-state index contributed by atoms with van der Waals surface area (Å²) in [4.78, 5) is 29.8. The molecule has 0 radical (unpaired) electrons. The molecule has 30 heavy (non-hydrogen) atoms. The molecule has 0 atom stereocenters. The van der Waals surface area contributed by atoms with Crippen LogP contribution in [0.2, 0.25) is 0 Å². The number of esters is 2. The number of unbranched alkanes of at least 4 members (excludes halogenated alkanes) is 1. The van der Waals surface area contributed by atoms with Gasteiger partial charge in [0.15, 0.2) is 0 Å². The molecular weight excluding hydrogens is 386 g/mol. The molecule has 0 aliphatic rings. The summed E-state index contributed by atoms with van der Waals surface area (Å²) < 4.78 is 8.95. The standard InChI is InChI=1S/C8H8.C7H12O2.C5H8O2.C3H4O2.H3N/c1-2-8-6-4-3-5-7-8;1-3-5-6-9-7(8)4-2;1-4(2)5(6)7-3;1-2-3(4)5;/h2-7H,1H2;4H,2-3,5-6H2,1H3;1H2,2-3H3;2H,1H2,(H,4,5);1H3. The average Bonchev–Trinajstić information content (AvgIpc) is 2.74. The lowest BCUT2D eigenvalue weighted by Gasteiger charge is -1.97. The lowest BCUT2D eigenvalue weighted by Crippen LogP contribution is -2.00. The number of ether oxygens (including phenoxy) is 2. The molecule has 0 heterocycles. The third-order valence-corrected chi connectivity index (χ3v) is 2.65. The molecular formula is C23H35NO6. The topological polar surface area (TPSA) is 125 Å². The molecule has 0 fully saturated rings. The summed E-state index contributed by atoms with van der Waals surface area (Å²) >= 11 is 0. The Labute approximate surface area is 180 Å². The van der Waals surface area contributed by atoms with Crippen molar-refractivity contribution in [2.24, 2.45) is 0 Å². The Hall–Kier alpha value is -3.45. The number of carboxylic acid groups (broad SMARTS) is 1. The Morgan fingerprint density at radius 1 is 1.07 bits per heavy atom. The molecule has 0 aliphatic carbocycles. The maximum absolute atomic E-state index is 10.3. The number of aliphatic carboxylic acids is 1. The van der Waals surface area contributed by atoms with Gasteiger partial charge in [-0.3, -0.25) is 0 Å². The molecule has 0 bridgehead atoms. The number of hydrogen-bond donors (Lipinski definition) is 2. The largest absolute Gasteiger partial charge is 0.478 e. The van der Waals surface area contributed by atoms with E-state index in [9.17, 15) is 14.4 Å². The lowest BCUT2D eigenvalue weighted by atomic mass is 10.2. The maximum Gasteiger partial charge on any atom is 0.332 e. The van der Waals surface area contributed by atoms with Crippen molar-refractivity contribution in [3.05, 3.63) is 79.9 Å². The second kappa shape index (κ2) is 25.6. The first-order valence-corrected chi connectivity index (χ1v) is 8.75. The van der Waals surface area contributed by atoms with Crippen LogP contribution in [0, 0.1) is 0 Å². The molecule has 0 saturated heterocycles. The molecule has 0 amide bonds. The van der Waals surface area contributed by atoms with Crippen LogP contribution in [0.4, 0.5) is 0 Å². The normalized spacial score (nSPS) is 7.70. The van der Waals surface area contributed by atoms with E-state index in [0.717, 1.165) is 18.9 Å². The zero-order valence-electron chi connectivity index (χ0n) is 18.3. The van der Waals surface area contributed by atoms with E-state index in [1.165, 1.54) is 18.7 Å². The molecule has 4 N–H and O–H groups in total. The van der Waals surface area contributed by atoms with E-state index in [1.807, 2.05) is 43.3 Å². The van der Waals surface area contributed by atoms with E-state index in [4.69, 9.17) is 5.11 Å². The number of hydrogen-bond acceptors (Lipinski definition) is 6. The first-order valence-electron chi connectivity index (χ1n) is 8.75. The van der Waals surface area contributed by atoms with Gasteiger partial charge in [-0.05, 0) is 18.9 Å². The molecule has 0 aromatic heterocycles. The van der Waals surface area contributed by atoms with Crippen molar-refractivity contribution in [2.45, 2.75) is 26.7 Å². The molecule has 0 spiro atoms. The first kappa shape index (κ1) is 34.1. The summed E-state index contributed by atoms with van der Waals surface area (Å²) in [5.41, 5.74) is 1.61. The van der Waals surface area contributed by atoms with Crippen LogP contribution in [-0.4, -0.2) is 36.7 Å². The molecule has 1 rings (SSSR count). The van der Waals surface area contributed by atoms with Gasteiger partial charge in [-0.2, -0.15) is 0 Å². The van der Waals surface area contributed by atoms with Gasteiger partial charge in [0.25, 0.3) is 0 Å². The van der Waals surface area contributed by atoms with Gasteiger partial charge in [0.05, 0.1) is 13.7 Å². The fourth-order valence-electron chi connectivity index (χ4n) is 1.14. The predicted molar refractivity (Wildman–Crippen MR) is 122 cm³/mol. The highest BCUT2D eigenvalue weighted by Gasteiger charge is 1.95. The smallest absolute Gasteiger partial charge is 0.332 e. The average molecular weight is 422 g/mol. The third-order valence-electron chi connectivity index (χ3n) is 2.65. The Morgan fingerprint density at radius 3 is 1.80 bits per heavy atom. The van der Waals surface area contributed by atoms with Gasteiger partial charge in [0.2, 0.25) is 0 Å². The zero-order valence-corrected chi connectivity index (χ0v) is 18.3. The van der Waals surface area contributed by atoms with E-state index in [2.05, 4.69) is 35.8 Å². The predicted octanol–water partition coefficient (Wildman–Crippen LogP) is 5.00. The monoisotopic (exact) mass is 421 g/mol. The van der Waals surface area contributed by atoms with E-state index in [1.54, 1.807) is 6.92 Å². The highest BCUT2D eigenvalue weighted by molar-refractivity contribution is 5.86. The number of carboxylic acids is 1. The molecule has 168 valence electrons. The Kier molecular flexibility index (Phi) is 29.0. The molecule has 0 unspecified atom stereocenters. The number of methoxy groups -OCH3 is 1. The van der Waals surface area contributed by atoms with Crippen LogP contribution < -0.4 is 6.15 Å². The molecule has 7 heteroatoms. The van der Waals surface area contributed by atoms with E-state index >= 15 is 0 Å². The highest BCUT2D eigenvalue weighted by Crippen LogP contribution is 1.97. The Bertz CT molecular complexity index is 638. The summed E-state index contributed by atoms with van der Waals surface area (Å²) in [6.07, 6.45) is 5.82. The van der Waals surface area contributed by atoms with E-state index < -0.39 is 5.97 Å². The molecule has 7 nitrogen and oxygen atoms in total. The molecule has 1 aromatic rings. The minimum atomic E-state index is -0.981. The van der Waals surface area contributed by atoms with Gasteiger partial charge in [0, 0.05) is 17.7 Å². The van der Waals surface area contributed by atoms with E-state index in [-0.39, 0.29) is 18.1 Å². The lowest BCUT2D eigenvalue weighted by molar-refractivity contribution is -0.138. The van der Waals surface area contributed by atoms with Gasteiger partial charge in [-0.15, -0.1) is 0 Å². The minimum Gasteiger partial charge on any atom is -0.478 e. The number of benzene rings is 1. The number of carbonyl (C=O) groups is 3. The summed E-state index contributed by atoms with van der Waals surface area (Å²) in [5.74, 6) is -1.66. The minimum absolute atomic E-state index is 0. The Balaban J connectivity index is -0.000000152. The molecule has 0 aliphatic heterocycles. The summed E-state index contributed by atoms with van der Waals surface area (Å²) in [6, 6.07) is 10.0. The summed E-state index contributed by atoms with van der Waals surface area (Å²) in [5, 5.41) is 7.60. The SMILES string of the molecule is C=C(C)C(=O)OC.C=CC(=O)O.C=CC(=O)OCCCC.C=Cc1ccccc1.N. The number of rotatable bonds is 7. The highest BCUT2D eigenvalue weighted by atomic mass is 16.5. The van der Waals surface area contributed by atoms with Crippen molar-refractivity contribution in [1.82, 2.24) is 6.15 Å². The van der Waals surface area contributed by atoms with Crippen LogP contribution >= 0.6 is 0 Å². The van der Waals surface area contributed by atoms with Crippen LogP contribution in [0.3, 0.4) is 0 Å². The quantitative estimate of drug-likeness (QED) is 0.360. The van der Waals surface area contributed by atoms with Crippen molar-refractivity contribution in [3.63, 3.8) is 0 Å². The van der Waals surface area contributed by atoms with Gasteiger partial charge >= 0.3 is 17.9 Å². The Morgan fingerprint density at radius 2 is 1.57 bits per heavy atom. The van der Waals surface area contributed by atoms with Crippen molar-refractivity contribution in [3.8, 4) is 0 Å². The molecule has 0 saturated carbocycles. The van der Waals surface area contributed by atoms with Crippen molar-refractivity contribution < 1.29 is 29.0 Å². The van der Waals surface area contributed by atoms with Crippen LogP contribution in [0.1, 0.15) is 32.3 Å². The fraction of sp³-hybridized carbons (Fsp3) is 0.261. The van der Waals surface area contributed by atoms with E-state index in [0.29, 0.717) is 12.2 Å². The van der Waals surface area contributed by atoms with Gasteiger partial charge in [-0.25, -0.2) is 14.4 Å². The van der Waals surface area contributed by atoms with Crippen LogP contribution in [-0.2, 0) is 23.9 Å².